The van der Waals surface area contributed by atoms with Crippen LogP contribution in [0.15, 0.2) is 28.7 Å². The highest BCUT2D eigenvalue weighted by Gasteiger charge is 2.41. The molecule has 4 rings (SSSR count). The SMILES string of the molecule is COCOc1cc(-c2oc3c(C)c(C)c(C)c(O)c3c2OC)c2c(C#C[Si](C(C)C)(C(C)C)C(C)C)c(F)ccc2c1. The lowest BCUT2D eigenvalue weighted by molar-refractivity contribution is 0.0512. The number of hydrogen-bond acceptors (Lipinski definition) is 5. The number of halogens is 1. The number of ether oxygens (including phenoxy) is 3. The molecule has 4 aromatic rings. The summed E-state index contributed by atoms with van der Waals surface area (Å²) in [5.41, 5.74) is 8.85. The van der Waals surface area contributed by atoms with E-state index in [-0.39, 0.29) is 12.5 Å². The quantitative estimate of drug-likeness (QED) is 0.126. The van der Waals surface area contributed by atoms with Gasteiger partial charge < -0.3 is 23.7 Å². The maximum Gasteiger partial charge on any atom is 0.188 e. The zero-order valence-electron chi connectivity index (χ0n) is 26.7. The van der Waals surface area contributed by atoms with E-state index in [9.17, 15) is 5.11 Å². The van der Waals surface area contributed by atoms with Crippen molar-refractivity contribution >= 4 is 29.8 Å². The molecule has 0 atom stereocenters. The van der Waals surface area contributed by atoms with Gasteiger partial charge in [0.15, 0.2) is 18.3 Å². The minimum Gasteiger partial charge on any atom is -0.507 e. The Morgan fingerprint density at radius 1 is 0.905 bits per heavy atom. The van der Waals surface area contributed by atoms with Gasteiger partial charge in [-0.3, -0.25) is 0 Å². The van der Waals surface area contributed by atoms with E-state index in [0.29, 0.717) is 61.4 Å². The molecule has 0 saturated heterocycles. The first-order valence-electron chi connectivity index (χ1n) is 14.5. The Hall–Kier alpha value is -3.47. The van der Waals surface area contributed by atoms with Crippen molar-refractivity contribution in [2.45, 2.75) is 78.9 Å². The second kappa shape index (κ2) is 12.0. The average Bonchev–Trinajstić information content (AvgIpc) is 3.34. The van der Waals surface area contributed by atoms with Crippen LogP contribution >= 0.6 is 0 Å². The van der Waals surface area contributed by atoms with Crippen LogP contribution in [0.3, 0.4) is 0 Å². The number of phenols is 1. The predicted octanol–water partition coefficient (Wildman–Crippen LogP) is 9.58. The maximum atomic E-state index is 15.9. The molecule has 0 spiro atoms. The van der Waals surface area contributed by atoms with Gasteiger partial charge in [0.25, 0.3) is 0 Å². The van der Waals surface area contributed by atoms with Gasteiger partial charge in [0.2, 0.25) is 0 Å². The Balaban J connectivity index is 2.17. The summed E-state index contributed by atoms with van der Waals surface area (Å²) >= 11 is 0. The molecule has 0 unspecified atom stereocenters. The molecule has 5 nitrogen and oxygen atoms in total. The molecule has 1 heterocycles. The number of aryl methyl sites for hydroxylation is 1. The lowest BCUT2D eigenvalue weighted by Crippen LogP contribution is -2.43. The predicted molar refractivity (Wildman–Crippen MR) is 172 cm³/mol. The summed E-state index contributed by atoms with van der Waals surface area (Å²) in [6.45, 7) is 19.3. The molecule has 0 aliphatic rings. The number of furan rings is 1. The Labute approximate surface area is 250 Å². The highest BCUT2D eigenvalue weighted by molar-refractivity contribution is 6.90. The topological polar surface area (TPSA) is 61.1 Å². The van der Waals surface area contributed by atoms with Crippen molar-refractivity contribution in [1.82, 2.24) is 0 Å². The molecule has 1 N–H and O–H groups in total. The van der Waals surface area contributed by atoms with Gasteiger partial charge in [0.1, 0.15) is 36.4 Å². The number of methoxy groups -OCH3 is 2. The number of fused-ring (bicyclic) bond motifs is 2. The molecular weight excluding hydrogens is 547 g/mol. The van der Waals surface area contributed by atoms with Crippen LogP contribution in [-0.2, 0) is 4.74 Å². The fourth-order valence-corrected chi connectivity index (χ4v) is 11.8. The zero-order valence-corrected chi connectivity index (χ0v) is 27.7. The molecule has 1 aromatic heterocycles. The van der Waals surface area contributed by atoms with Crippen molar-refractivity contribution in [2.24, 2.45) is 0 Å². The normalized spacial score (nSPS) is 12.1. The van der Waals surface area contributed by atoms with E-state index >= 15 is 4.39 Å². The summed E-state index contributed by atoms with van der Waals surface area (Å²) < 4.78 is 39.3. The van der Waals surface area contributed by atoms with E-state index in [1.165, 1.54) is 6.07 Å². The molecule has 0 aliphatic carbocycles. The molecule has 42 heavy (non-hydrogen) atoms. The Kier molecular flexibility index (Phi) is 9.01. The summed E-state index contributed by atoms with van der Waals surface area (Å²) in [5, 5.41) is 13.0. The van der Waals surface area contributed by atoms with Crippen LogP contribution in [0.25, 0.3) is 33.1 Å². The summed E-state index contributed by atoms with van der Waals surface area (Å²) in [6.07, 6.45) is 0. The van der Waals surface area contributed by atoms with Crippen molar-refractivity contribution in [3.63, 3.8) is 0 Å². The van der Waals surface area contributed by atoms with Gasteiger partial charge in [-0.05, 0) is 77.7 Å². The lowest BCUT2D eigenvalue weighted by atomic mass is 9.96. The summed E-state index contributed by atoms with van der Waals surface area (Å²) in [6, 6.07) is 6.84. The van der Waals surface area contributed by atoms with Crippen molar-refractivity contribution in [3.05, 3.63) is 52.3 Å². The van der Waals surface area contributed by atoms with Crippen LogP contribution in [0.4, 0.5) is 4.39 Å². The second-order valence-electron chi connectivity index (χ2n) is 12.1. The molecule has 0 amide bonds. The smallest absolute Gasteiger partial charge is 0.188 e. The zero-order chi connectivity index (χ0) is 31.1. The van der Waals surface area contributed by atoms with Gasteiger partial charge >= 0.3 is 0 Å². The van der Waals surface area contributed by atoms with Gasteiger partial charge in [-0.15, -0.1) is 5.54 Å². The lowest BCUT2D eigenvalue weighted by Gasteiger charge is -2.38. The van der Waals surface area contributed by atoms with E-state index in [4.69, 9.17) is 18.6 Å². The molecular formula is C35H43FO5Si. The molecule has 0 radical (unpaired) electrons. The molecule has 224 valence electrons. The first kappa shape index (κ1) is 31.5. The van der Waals surface area contributed by atoms with E-state index in [1.54, 1.807) is 26.4 Å². The van der Waals surface area contributed by atoms with Crippen molar-refractivity contribution < 1.29 is 28.1 Å². The third kappa shape index (κ3) is 5.05. The van der Waals surface area contributed by atoms with E-state index in [2.05, 4.69) is 53.0 Å². The van der Waals surface area contributed by atoms with Crippen molar-refractivity contribution in [1.29, 1.82) is 0 Å². The van der Waals surface area contributed by atoms with Crippen LogP contribution in [0.2, 0.25) is 16.6 Å². The van der Waals surface area contributed by atoms with Crippen LogP contribution in [0, 0.1) is 38.1 Å². The molecule has 0 bridgehead atoms. The number of phenolic OH excluding ortho intramolecular Hbond substituents is 1. The van der Waals surface area contributed by atoms with E-state index < -0.39 is 13.9 Å². The Morgan fingerprint density at radius 2 is 1.55 bits per heavy atom. The molecule has 0 saturated carbocycles. The van der Waals surface area contributed by atoms with E-state index in [0.717, 1.165) is 22.1 Å². The molecule has 0 aliphatic heterocycles. The fraction of sp³-hybridized carbons (Fsp3) is 0.429. The third-order valence-electron chi connectivity index (χ3n) is 9.02. The monoisotopic (exact) mass is 590 g/mol. The van der Waals surface area contributed by atoms with Crippen LogP contribution in [-0.4, -0.2) is 34.2 Å². The van der Waals surface area contributed by atoms with Gasteiger partial charge in [0, 0.05) is 18.1 Å². The van der Waals surface area contributed by atoms with Crippen molar-refractivity contribution in [2.75, 3.05) is 21.0 Å². The average molecular weight is 591 g/mol. The second-order valence-corrected chi connectivity index (χ2v) is 17.7. The highest BCUT2D eigenvalue weighted by Crippen LogP contribution is 2.50. The van der Waals surface area contributed by atoms with Crippen LogP contribution < -0.4 is 9.47 Å². The Morgan fingerprint density at radius 3 is 2.12 bits per heavy atom. The summed E-state index contributed by atoms with van der Waals surface area (Å²) in [7, 11) is 0.928. The van der Waals surface area contributed by atoms with Crippen molar-refractivity contribution in [3.8, 4) is 40.0 Å². The number of hydrogen-bond donors (Lipinski definition) is 1. The minimum atomic E-state index is -2.17. The molecule has 3 aromatic carbocycles. The van der Waals surface area contributed by atoms with E-state index in [1.807, 2.05) is 26.8 Å². The van der Waals surface area contributed by atoms with Gasteiger partial charge in [0.05, 0.1) is 12.7 Å². The molecule has 0 fully saturated rings. The first-order valence-corrected chi connectivity index (χ1v) is 16.8. The minimum absolute atomic E-state index is 0.0413. The van der Waals surface area contributed by atoms with Gasteiger partial charge in [-0.2, -0.15) is 0 Å². The fourth-order valence-electron chi connectivity index (χ4n) is 6.61. The van der Waals surface area contributed by atoms with Crippen LogP contribution in [0.1, 0.15) is 63.8 Å². The molecule has 7 heteroatoms. The standard InChI is InChI=1S/C35H43FO5Si/c1-19(2)42(20(3)4,21(5)6)15-14-27-29(36)13-12-25-16-26(40-18-38-10)17-28(30(25)27)34-35(39-11)31-32(37)23(8)22(7)24(9)33(31)41-34/h12-13,16-17,19-21,37H,18H2,1-11H3. The largest absolute Gasteiger partial charge is 0.507 e. The summed E-state index contributed by atoms with van der Waals surface area (Å²) in [4.78, 5) is 0. The van der Waals surface area contributed by atoms with Crippen LogP contribution in [0.5, 0.6) is 17.2 Å². The highest BCUT2D eigenvalue weighted by atomic mass is 28.3. The van der Waals surface area contributed by atoms with Gasteiger partial charge in [-0.1, -0.05) is 53.5 Å². The first-order chi connectivity index (χ1) is 19.8. The Bertz CT molecular complexity index is 1680. The van der Waals surface area contributed by atoms with Gasteiger partial charge in [-0.25, -0.2) is 4.39 Å². The number of aromatic hydroxyl groups is 1. The summed E-state index contributed by atoms with van der Waals surface area (Å²) in [5.74, 6) is 4.33. The number of benzene rings is 3. The maximum absolute atomic E-state index is 15.9. The number of rotatable bonds is 8. The third-order valence-corrected chi connectivity index (χ3v) is 15.3.